The average molecular weight is 406 g/mol. The van der Waals surface area contributed by atoms with E-state index in [1.165, 1.54) is 11.3 Å². The highest BCUT2D eigenvalue weighted by Gasteiger charge is 2.16. The Morgan fingerprint density at radius 2 is 2.07 bits per heavy atom. The van der Waals surface area contributed by atoms with Crippen molar-refractivity contribution in [2.45, 2.75) is 20.5 Å². The third-order valence-electron chi connectivity index (χ3n) is 4.37. The van der Waals surface area contributed by atoms with E-state index in [-0.39, 0.29) is 12.5 Å². The number of thiazole rings is 1. The summed E-state index contributed by atoms with van der Waals surface area (Å²) in [7, 11) is 0. The molecule has 3 heterocycles. The molecule has 29 heavy (non-hydrogen) atoms. The molecule has 1 amide bonds. The number of anilines is 1. The van der Waals surface area contributed by atoms with Gasteiger partial charge in [-0.1, -0.05) is 17.3 Å². The van der Waals surface area contributed by atoms with Gasteiger partial charge in [0.15, 0.2) is 5.13 Å². The second-order valence-corrected chi connectivity index (χ2v) is 7.18. The SMILES string of the molecule is Cc1noc(C)c1COc1ccccc1C(=O)Nc1nc(-c2cccnc2)cs1. The van der Waals surface area contributed by atoms with E-state index in [0.29, 0.717) is 22.2 Å². The molecule has 8 heteroatoms. The molecule has 4 rings (SSSR count). The Balaban J connectivity index is 1.49. The van der Waals surface area contributed by atoms with Crippen LogP contribution in [0.3, 0.4) is 0 Å². The molecule has 0 atom stereocenters. The van der Waals surface area contributed by atoms with Gasteiger partial charge in [-0.2, -0.15) is 0 Å². The van der Waals surface area contributed by atoms with E-state index >= 15 is 0 Å². The van der Waals surface area contributed by atoms with Crippen LogP contribution < -0.4 is 10.1 Å². The number of benzene rings is 1. The van der Waals surface area contributed by atoms with Crippen molar-refractivity contribution in [1.82, 2.24) is 15.1 Å². The second kappa shape index (κ2) is 8.24. The van der Waals surface area contributed by atoms with Crippen molar-refractivity contribution in [1.29, 1.82) is 0 Å². The van der Waals surface area contributed by atoms with Crippen LogP contribution in [0.5, 0.6) is 5.75 Å². The predicted octanol–water partition coefficient (Wildman–Crippen LogP) is 4.64. The summed E-state index contributed by atoms with van der Waals surface area (Å²) in [5.41, 5.74) is 3.74. The zero-order valence-corrected chi connectivity index (χ0v) is 16.7. The molecule has 1 aromatic carbocycles. The standard InChI is InChI=1S/C21H18N4O3S/c1-13-17(14(2)28-25-13)11-27-19-8-4-3-7-16(19)20(26)24-21-23-18(12-29-21)15-6-5-9-22-10-15/h3-10,12H,11H2,1-2H3,(H,23,24,26). The summed E-state index contributed by atoms with van der Waals surface area (Å²) in [4.78, 5) is 21.4. The van der Waals surface area contributed by atoms with Crippen LogP contribution in [0.25, 0.3) is 11.3 Å². The van der Waals surface area contributed by atoms with E-state index in [1.54, 1.807) is 30.6 Å². The fourth-order valence-corrected chi connectivity index (χ4v) is 3.50. The van der Waals surface area contributed by atoms with Crippen LogP contribution in [0.4, 0.5) is 5.13 Å². The zero-order chi connectivity index (χ0) is 20.2. The van der Waals surface area contributed by atoms with Crippen LogP contribution >= 0.6 is 11.3 Å². The predicted molar refractivity (Wildman–Crippen MR) is 110 cm³/mol. The first-order valence-electron chi connectivity index (χ1n) is 8.92. The van der Waals surface area contributed by atoms with Crippen LogP contribution in [0.15, 0.2) is 58.7 Å². The minimum atomic E-state index is -0.286. The first kappa shape index (κ1) is 18.8. The van der Waals surface area contributed by atoms with Crippen LogP contribution in [0.1, 0.15) is 27.4 Å². The van der Waals surface area contributed by atoms with Gasteiger partial charge in [0.2, 0.25) is 0 Å². The number of amides is 1. The fraction of sp³-hybridized carbons (Fsp3) is 0.143. The Morgan fingerprint density at radius 1 is 1.21 bits per heavy atom. The smallest absolute Gasteiger partial charge is 0.261 e. The van der Waals surface area contributed by atoms with Gasteiger partial charge in [0, 0.05) is 23.3 Å². The van der Waals surface area contributed by atoms with Gasteiger partial charge in [0.25, 0.3) is 5.91 Å². The number of para-hydroxylation sites is 1. The van der Waals surface area contributed by atoms with Crippen molar-refractivity contribution in [3.05, 3.63) is 76.8 Å². The number of aromatic nitrogens is 3. The number of ether oxygens (including phenoxy) is 1. The van der Waals surface area contributed by atoms with Crippen LogP contribution in [-0.2, 0) is 6.61 Å². The third kappa shape index (κ3) is 4.17. The van der Waals surface area contributed by atoms with Gasteiger partial charge in [0.1, 0.15) is 18.1 Å². The molecule has 0 fully saturated rings. The molecule has 0 bridgehead atoms. The summed E-state index contributed by atoms with van der Waals surface area (Å²) < 4.78 is 11.0. The van der Waals surface area contributed by atoms with E-state index in [4.69, 9.17) is 9.26 Å². The molecule has 0 aliphatic heterocycles. The zero-order valence-electron chi connectivity index (χ0n) is 15.9. The van der Waals surface area contributed by atoms with Crippen molar-refractivity contribution in [3.8, 4) is 17.0 Å². The van der Waals surface area contributed by atoms with Gasteiger partial charge in [-0.05, 0) is 38.1 Å². The van der Waals surface area contributed by atoms with E-state index in [9.17, 15) is 4.79 Å². The van der Waals surface area contributed by atoms with Crippen molar-refractivity contribution < 1.29 is 14.1 Å². The Bertz CT molecular complexity index is 1120. The van der Waals surface area contributed by atoms with Gasteiger partial charge in [-0.25, -0.2) is 4.98 Å². The summed E-state index contributed by atoms with van der Waals surface area (Å²) >= 11 is 1.36. The first-order chi connectivity index (χ1) is 14.1. The molecular formula is C21H18N4O3S. The van der Waals surface area contributed by atoms with Crippen LogP contribution in [-0.4, -0.2) is 21.0 Å². The van der Waals surface area contributed by atoms with Crippen LogP contribution in [0, 0.1) is 13.8 Å². The normalized spacial score (nSPS) is 10.7. The van der Waals surface area contributed by atoms with E-state index in [1.807, 2.05) is 37.4 Å². The molecular weight excluding hydrogens is 388 g/mol. The minimum absolute atomic E-state index is 0.272. The highest BCUT2D eigenvalue weighted by Crippen LogP contribution is 2.26. The van der Waals surface area contributed by atoms with Gasteiger partial charge >= 0.3 is 0 Å². The Hall–Kier alpha value is -3.52. The Labute approximate surface area is 171 Å². The number of nitrogens with one attached hydrogen (secondary N) is 1. The summed E-state index contributed by atoms with van der Waals surface area (Å²) in [6.07, 6.45) is 3.44. The molecule has 0 saturated heterocycles. The quantitative estimate of drug-likeness (QED) is 0.502. The lowest BCUT2D eigenvalue weighted by atomic mass is 10.2. The Kier molecular flexibility index (Phi) is 5.35. The number of hydrogen-bond acceptors (Lipinski definition) is 7. The maximum Gasteiger partial charge on any atom is 0.261 e. The summed E-state index contributed by atoms with van der Waals surface area (Å²) in [5, 5.41) is 9.16. The van der Waals surface area contributed by atoms with Crippen LogP contribution in [0.2, 0.25) is 0 Å². The van der Waals surface area contributed by atoms with Gasteiger partial charge in [-0.3, -0.25) is 15.1 Å². The number of pyridine rings is 1. The topological polar surface area (TPSA) is 90.1 Å². The number of nitrogens with zero attached hydrogens (tertiary/aromatic N) is 3. The molecule has 0 radical (unpaired) electrons. The lowest BCUT2D eigenvalue weighted by Crippen LogP contribution is -2.13. The molecule has 7 nitrogen and oxygen atoms in total. The molecule has 0 aliphatic carbocycles. The van der Waals surface area contributed by atoms with Crippen molar-refractivity contribution >= 4 is 22.4 Å². The number of carbonyl (C=O) groups is 1. The molecule has 146 valence electrons. The van der Waals surface area contributed by atoms with Gasteiger partial charge < -0.3 is 9.26 Å². The molecule has 1 N–H and O–H groups in total. The highest BCUT2D eigenvalue weighted by atomic mass is 32.1. The molecule has 3 aromatic heterocycles. The molecule has 0 saturated carbocycles. The lowest BCUT2D eigenvalue weighted by molar-refractivity contribution is 0.102. The highest BCUT2D eigenvalue weighted by molar-refractivity contribution is 7.14. The van der Waals surface area contributed by atoms with Gasteiger partial charge in [0.05, 0.1) is 22.5 Å². The fourth-order valence-electron chi connectivity index (χ4n) is 2.78. The third-order valence-corrected chi connectivity index (χ3v) is 5.12. The number of hydrogen-bond donors (Lipinski definition) is 1. The molecule has 4 aromatic rings. The molecule has 0 aliphatic rings. The average Bonchev–Trinajstić information content (AvgIpc) is 3.34. The van der Waals surface area contributed by atoms with Crippen molar-refractivity contribution in [3.63, 3.8) is 0 Å². The largest absolute Gasteiger partial charge is 0.488 e. The monoisotopic (exact) mass is 406 g/mol. The van der Waals surface area contributed by atoms with Crippen molar-refractivity contribution in [2.24, 2.45) is 0 Å². The minimum Gasteiger partial charge on any atom is -0.488 e. The molecule has 0 unspecified atom stereocenters. The van der Waals surface area contributed by atoms with Gasteiger partial charge in [-0.15, -0.1) is 11.3 Å². The summed E-state index contributed by atoms with van der Waals surface area (Å²) in [6, 6.07) is 10.9. The maximum atomic E-state index is 12.8. The molecule has 0 spiro atoms. The number of carbonyl (C=O) groups excluding carboxylic acids is 1. The van der Waals surface area contributed by atoms with E-state index in [2.05, 4.69) is 20.4 Å². The van der Waals surface area contributed by atoms with E-state index < -0.39 is 0 Å². The lowest BCUT2D eigenvalue weighted by Gasteiger charge is -2.10. The second-order valence-electron chi connectivity index (χ2n) is 6.32. The van der Waals surface area contributed by atoms with E-state index in [0.717, 1.165) is 22.5 Å². The first-order valence-corrected chi connectivity index (χ1v) is 9.80. The summed E-state index contributed by atoms with van der Waals surface area (Å²) in [5.74, 6) is 0.899. The number of aryl methyl sites for hydroxylation is 2. The van der Waals surface area contributed by atoms with Crippen molar-refractivity contribution in [2.75, 3.05) is 5.32 Å². The summed E-state index contributed by atoms with van der Waals surface area (Å²) in [6.45, 7) is 3.96. The Morgan fingerprint density at radius 3 is 2.83 bits per heavy atom. The maximum absolute atomic E-state index is 12.8. The number of rotatable bonds is 6.